The molecule has 8 heteroatoms. The Bertz CT molecular complexity index is 1160. The zero-order valence-corrected chi connectivity index (χ0v) is 17.7. The van der Waals surface area contributed by atoms with Gasteiger partial charge in [-0.3, -0.25) is 9.52 Å². The van der Waals surface area contributed by atoms with Crippen molar-refractivity contribution in [1.29, 1.82) is 0 Å². The Morgan fingerprint density at radius 2 is 1.52 bits per heavy atom. The van der Waals surface area contributed by atoms with E-state index in [0.717, 1.165) is 5.56 Å². The average molecular weight is 439 g/mol. The fourth-order valence-electron chi connectivity index (χ4n) is 2.92. The van der Waals surface area contributed by atoms with Gasteiger partial charge in [-0.25, -0.2) is 13.2 Å². The van der Waals surface area contributed by atoms with E-state index in [1.54, 1.807) is 18.2 Å². The number of anilines is 1. The molecule has 0 unspecified atom stereocenters. The van der Waals surface area contributed by atoms with Crippen LogP contribution in [0, 0.1) is 0 Å². The molecule has 7 nitrogen and oxygen atoms in total. The zero-order valence-electron chi connectivity index (χ0n) is 16.9. The molecule has 3 rings (SSSR count). The second kappa shape index (κ2) is 9.90. The fourth-order valence-corrected chi connectivity index (χ4v) is 4.00. The molecule has 0 saturated heterocycles. The molecule has 0 aliphatic heterocycles. The maximum absolute atomic E-state index is 12.8. The Morgan fingerprint density at radius 1 is 0.871 bits per heavy atom. The van der Waals surface area contributed by atoms with Gasteiger partial charge in [0.15, 0.2) is 0 Å². The van der Waals surface area contributed by atoms with Crippen LogP contribution in [0.4, 0.5) is 5.69 Å². The van der Waals surface area contributed by atoms with Crippen LogP contribution in [0.15, 0.2) is 83.8 Å². The standard InChI is InChI=1S/C23H22N2O5S/c1-30-23(27)18-11-13-19(14-12-18)31(28,29)25-21-10-6-5-9-20(21)22(26)24-16-15-17-7-3-2-4-8-17/h2-14,25H,15-16H2,1H3,(H,24,26). The Morgan fingerprint density at radius 3 is 2.19 bits per heavy atom. The van der Waals surface area contributed by atoms with E-state index in [1.165, 1.54) is 37.4 Å². The van der Waals surface area contributed by atoms with Gasteiger partial charge in [0.2, 0.25) is 0 Å². The lowest BCUT2D eigenvalue weighted by atomic mass is 10.1. The normalized spacial score (nSPS) is 10.9. The number of carbonyl (C=O) groups is 2. The fraction of sp³-hybridized carbons (Fsp3) is 0.130. The van der Waals surface area contributed by atoms with Gasteiger partial charge in [-0.15, -0.1) is 0 Å². The van der Waals surface area contributed by atoms with Crippen molar-refractivity contribution >= 4 is 27.6 Å². The predicted octanol–water partition coefficient (Wildman–Crippen LogP) is 3.25. The van der Waals surface area contributed by atoms with Crippen LogP contribution in [0.5, 0.6) is 0 Å². The minimum atomic E-state index is -3.96. The SMILES string of the molecule is COC(=O)c1ccc(S(=O)(=O)Nc2ccccc2C(=O)NCCc2ccccc2)cc1. The molecular formula is C23H22N2O5S. The first-order chi connectivity index (χ1) is 14.9. The number of carbonyl (C=O) groups excluding carboxylic acids is 2. The number of sulfonamides is 1. The van der Waals surface area contributed by atoms with E-state index < -0.39 is 16.0 Å². The van der Waals surface area contributed by atoms with Gasteiger partial charge in [0.25, 0.3) is 15.9 Å². The van der Waals surface area contributed by atoms with Gasteiger partial charge in [-0.2, -0.15) is 0 Å². The first kappa shape index (κ1) is 22.0. The van der Waals surface area contributed by atoms with Crippen LogP contribution in [0.3, 0.4) is 0 Å². The second-order valence-electron chi connectivity index (χ2n) is 6.66. The summed E-state index contributed by atoms with van der Waals surface area (Å²) in [5, 5.41) is 2.81. The minimum absolute atomic E-state index is 0.0422. The molecule has 31 heavy (non-hydrogen) atoms. The molecule has 0 atom stereocenters. The number of hydrogen-bond donors (Lipinski definition) is 2. The van der Waals surface area contributed by atoms with E-state index >= 15 is 0 Å². The number of ether oxygens (including phenoxy) is 1. The van der Waals surface area contributed by atoms with E-state index in [-0.39, 0.29) is 27.6 Å². The number of hydrogen-bond acceptors (Lipinski definition) is 5. The van der Waals surface area contributed by atoms with Crippen LogP contribution < -0.4 is 10.0 Å². The molecule has 0 bridgehead atoms. The van der Waals surface area contributed by atoms with Crippen molar-refractivity contribution in [2.24, 2.45) is 0 Å². The summed E-state index contributed by atoms with van der Waals surface area (Å²) in [7, 11) is -2.72. The number of methoxy groups -OCH3 is 1. The quantitative estimate of drug-likeness (QED) is 0.526. The van der Waals surface area contributed by atoms with Gasteiger partial charge in [-0.05, 0) is 48.4 Å². The number of amides is 1. The summed E-state index contributed by atoms with van der Waals surface area (Å²) >= 11 is 0. The van der Waals surface area contributed by atoms with Gasteiger partial charge < -0.3 is 10.1 Å². The van der Waals surface area contributed by atoms with Crippen molar-refractivity contribution in [3.63, 3.8) is 0 Å². The Kier molecular flexibility index (Phi) is 7.04. The lowest BCUT2D eigenvalue weighted by Gasteiger charge is -2.13. The first-order valence-corrected chi connectivity index (χ1v) is 11.0. The highest BCUT2D eigenvalue weighted by Gasteiger charge is 2.19. The lowest BCUT2D eigenvalue weighted by Crippen LogP contribution is -2.27. The molecule has 0 saturated carbocycles. The van der Waals surface area contributed by atoms with Crippen LogP contribution in [-0.4, -0.2) is 33.9 Å². The lowest BCUT2D eigenvalue weighted by molar-refractivity contribution is 0.0600. The van der Waals surface area contributed by atoms with Crippen molar-refractivity contribution in [2.75, 3.05) is 18.4 Å². The third-order valence-corrected chi connectivity index (χ3v) is 5.93. The summed E-state index contributed by atoms with van der Waals surface area (Å²) < 4.78 is 32.6. The summed E-state index contributed by atoms with van der Waals surface area (Å²) in [4.78, 5) is 24.1. The molecule has 3 aromatic rings. The Hall–Kier alpha value is -3.65. The summed E-state index contributed by atoms with van der Waals surface area (Å²) in [5.74, 6) is -0.940. The first-order valence-electron chi connectivity index (χ1n) is 9.53. The zero-order chi connectivity index (χ0) is 22.3. The highest BCUT2D eigenvalue weighted by molar-refractivity contribution is 7.92. The van der Waals surface area contributed by atoms with Crippen molar-refractivity contribution in [3.8, 4) is 0 Å². The molecule has 0 radical (unpaired) electrons. The van der Waals surface area contributed by atoms with Crippen LogP contribution in [0.25, 0.3) is 0 Å². The van der Waals surface area contributed by atoms with E-state index in [9.17, 15) is 18.0 Å². The van der Waals surface area contributed by atoms with Crippen molar-refractivity contribution in [2.45, 2.75) is 11.3 Å². The summed E-state index contributed by atoms with van der Waals surface area (Å²) in [6.45, 7) is 0.416. The van der Waals surface area contributed by atoms with E-state index in [0.29, 0.717) is 13.0 Å². The number of para-hydroxylation sites is 1. The molecule has 3 aromatic carbocycles. The van der Waals surface area contributed by atoms with Crippen LogP contribution in [0.2, 0.25) is 0 Å². The minimum Gasteiger partial charge on any atom is -0.465 e. The monoisotopic (exact) mass is 438 g/mol. The number of nitrogens with one attached hydrogen (secondary N) is 2. The van der Waals surface area contributed by atoms with Crippen LogP contribution in [0.1, 0.15) is 26.3 Å². The van der Waals surface area contributed by atoms with Gasteiger partial charge in [-0.1, -0.05) is 42.5 Å². The highest BCUT2D eigenvalue weighted by Crippen LogP contribution is 2.21. The van der Waals surface area contributed by atoms with E-state index in [2.05, 4.69) is 14.8 Å². The molecule has 160 valence electrons. The van der Waals surface area contributed by atoms with Crippen molar-refractivity contribution < 1.29 is 22.7 Å². The third-order valence-electron chi connectivity index (χ3n) is 4.54. The van der Waals surface area contributed by atoms with E-state index in [1.807, 2.05) is 30.3 Å². The topological polar surface area (TPSA) is 102 Å². The molecule has 0 fully saturated rings. The van der Waals surface area contributed by atoms with Gasteiger partial charge >= 0.3 is 5.97 Å². The predicted molar refractivity (Wildman–Crippen MR) is 118 cm³/mol. The third kappa shape index (κ3) is 5.70. The maximum Gasteiger partial charge on any atom is 0.337 e. The maximum atomic E-state index is 12.8. The molecular weight excluding hydrogens is 416 g/mol. The molecule has 0 spiro atoms. The van der Waals surface area contributed by atoms with Gasteiger partial charge in [0.1, 0.15) is 0 Å². The summed E-state index contributed by atoms with van der Waals surface area (Å²) in [6.07, 6.45) is 0.660. The summed E-state index contributed by atoms with van der Waals surface area (Å²) in [5.41, 5.74) is 1.70. The van der Waals surface area contributed by atoms with Gasteiger partial charge in [0.05, 0.1) is 28.8 Å². The summed E-state index contributed by atoms with van der Waals surface area (Å²) in [6, 6.07) is 21.4. The van der Waals surface area contributed by atoms with Crippen LogP contribution >= 0.6 is 0 Å². The molecule has 0 aliphatic rings. The van der Waals surface area contributed by atoms with Crippen LogP contribution in [-0.2, 0) is 21.2 Å². The van der Waals surface area contributed by atoms with Crippen molar-refractivity contribution in [3.05, 3.63) is 95.6 Å². The molecule has 0 aromatic heterocycles. The smallest absolute Gasteiger partial charge is 0.337 e. The van der Waals surface area contributed by atoms with Crippen molar-refractivity contribution in [1.82, 2.24) is 5.32 Å². The second-order valence-corrected chi connectivity index (χ2v) is 8.34. The molecule has 2 N–H and O–H groups in total. The number of benzene rings is 3. The largest absolute Gasteiger partial charge is 0.465 e. The average Bonchev–Trinajstić information content (AvgIpc) is 2.79. The Balaban J connectivity index is 1.71. The number of esters is 1. The highest BCUT2D eigenvalue weighted by atomic mass is 32.2. The van der Waals surface area contributed by atoms with E-state index in [4.69, 9.17) is 0 Å². The molecule has 1 amide bonds. The van der Waals surface area contributed by atoms with Gasteiger partial charge in [0, 0.05) is 6.54 Å². The number of rotatable bonds is 8. The molecule has 0 aliphatic carbocycles. The molecule has 0 heterocycles. The Labute approximate surface area is 181 Å².